The van der Waals surface area contributed by atoms with Gasteiger partial charge in [-0.15, -0.1) is 0 Å². The number of rotatable bonds is 10. The highest BCUT2D eigenvalue weighted by Crippen LogP contribution is 2.40. The standard InChI is InChI=1S/C40H38Cl4N4S2/c1-47-21-35(33-15-29(41)17-39(43)37(33)23-47)27-5-3-7-31(13-27)49-45-19-25-9-11-26(12-10-25)20-46-50-32-8-4-6-28(14-32)36-22-48(2)24-38-34(36)16-30(42)18-40(38)44/h3-18,35-36,45-46H,19-24H2,1-2H3. The van der Waals surface area contributed by atoms with E-state index in [9.17, 15) is 0 Å². The van der Waals surface area contributed by atoms with Crippen LogP contribution in [0.5, 0.6) is 0 Å². The van der Waals surface area contributed by atoms with Crippen molar-refractivity contribution in [1.82, 2.24) is 19.2 Å². The normalized spacial score (nSPS) is 17.8. The van der Waals surface area contributed by atoms with Crippen LogP contribution in [0.15, 0.2) is 107 Å². The van der Waals surface area contributed by atoms with Gasteiger partial charge in [0.1, 0.15) is 0 Å². The van der Waals surface area contributed by atoms with Crippen LogP contribution in [0, 0.1) is 0 Å². The molecule has 2 heterocycles. The lowest BCUT2D eigenvalue weighted by atomic mass is 9.85. The molecular weight excluding hydrogens is 742 g/mol. The summed E-state index contributed by atoms with van der Waals surface area (Å²) < 4.78 is 7.10. The van der Waals surface area contributed by atoms with E-state index in [1.807, 2.05) is 12.1 Å². The minimum absolute atomic E-state index is 0.222. The monoisotopic (exact) mass is 778 g/mol. The Hall–Kier alpha value is -2.20. The smallest absolute Gasteiger partial charge is 0.0468 e. The fraction of sp³-hybridized carbons (Fsp3) is 0.250. The van der Waals surface area contributed by atoms with Crippen LogP contribution in [0.1, 0.15) is 56.3 Å². The number of hydrogen-bond acceptors (Lipinski definition) is 6. The third-order valence-corrected chi connectivity index (χ3v) is 12.1. The minimum Gasteiger partial charge on any atom is -0.301 e. The van der Waals surface area contributed by atoms with Crippen LogP contribution in [0.4, 0.5) is 0 Å². The van der Waals surface area contributed by atoms with Crippen molar-refractivity contribution in [2.75, 3.05) is 27.2 Å². The van der Waals surface area contributed by atoms with Gasteiger partial charge in [0, 0.05) is 81.0 Å². The van der Waals surface area contributed by atoms with E-state index >= 15 is 0 Å². The Bertz CT molecular complexity index is 1850. The molecule has 0 spiro atoms. The second-order valence-electron chi connectivity index (χ2n) is 13.2. The molecular formula is C40H38Cl4N4S2. The molecule has 2 N–H and O–H groups in total. The van der Waals surface area contributed by atoms with Crippen LogP contribution in [-0.4, -0.2) is 37.0 Å². The van der Waals surface area contributed by atoms with Crippen LogP contribution in [0.3, 0.4) is 0 Å². The van der Waals surface area contributed by atoms with Crippen LogP contribution < -0.4 is 9.44 Å². The number of benzene rings is 5. The molecule has 0 radical (unpaired) electrons. The molecule has 4 nitrogen and oxygen atoms in total. The molecule has 258 valence electrons. The average Bonchev–Trinajstić information content (AvgIpc) is 3.09. The van der Waals surface area contributed by atoms with Gasteiger partial charge in [-0.05, 0) is 131 Å². The fourth-order valence-electron chi connectivity index (χ4n) is 7.03. The lowest BCUT2D eigenvalue weighted by Crippen LogP contribution is -2.31. The molecule has 2 atom stereocenters. The third kappa shape index (κ3) is 8.53. The number of nitrogens with zero attached hydrogens (tertiary/aromatic N) is 2. The molecule has 2 aliphatic rings. The molecule has 5 aromatic carbocycles. The summed E-state index contributed by atoms with van der Waals surface area (Å²) >= 11 is 29.4. The lowest BCUT2D eigenvalue weighted by Gasteiger charge is -2.33. The summed E-state index contributed by atoms with van der Waals surface area (Å²) in [6.45, 7) is 5.05. The van der Waals surface area contributed by atoms with Crippen LogP contribution in [0.25, 0.3) is 0 Å². The van der Waals surface area contributed by atoms with Gasteiger partial charge in [-0.3, -0.25) is 9.44 Å². The summed E-state index contributed by atoms with van der Waals surface area (Å²) in [5.74, 6) is 0.443. The molecule has 0 amide bonds. The number of halogens is 4. The maximum Gasteiger partial charge on any atom is 0.0468 e. The van der Waals surface area contributed by atoms with Gasteiger partial charge in [-0.25, -0.2) is 0 Å². The quantitative estimate of drug-likeness (QED) is 0.137. The van der Waals surface area contributed by atoms with Gasteiger partial charge in [0.05, 0.1) is 0 Å². The van der Waals surface area contributed by atoms with Gasteiger partial charge in [0.15, 0.2) is 0 Å². The molecule has 5 aromatic rings. The minimum atomic E-state index is 0.222. The largest absolute Gasteiger partial charge is 0.301 e. The molecule has 10 heteroatoms. The molecule has 0 aromatic heterocycles. The number of hydrogen-bond donors (Lipinski definition) is 2. The van der Waals surface area contributed by atoms with Crippen molar-refractivity contribution in [3.8, 4) is 0 Å². The molecule has 0 saturated heterocycles. The van der Waals surface area contributed by atoms with E-state index in [1.165, 1.54) is 54.3 Å². The fourth-order valence-corrected chi connectivity index (χ4v) is 9.66. The van der Waals surface area contributed by atoms with Gasteiger partial charge in [0.25, 0.3) is 0 Å². The van der Waals surface area contributed by atoms with Gasteiger partial charge in [-0.2, -0.15) is 0 Å². The first kappa shape index (κ1) is 36.2. The first-order valence-electron chi connectivity index (χ1n) is 16.6. The predicted molar refractivity (Wildman–Crippen MR) is 214 cm³/mol. The Balaban J connectivity index is 0.918. The highest BCUT2D eigenvalue weighted by molar-refractivity contribution is 7.97. The van der Waals surface area contributed by atoms with Crippen molar-refractivity contribution in [3.05, 3.63) is 162 Å². The summed E-state index contributed by atoms with van der Waals surface area (Å²) in [5.41, 5.74) is 9.82. The second-order valence-corrected chi connectivity index (χ2v) is 16.8. The lowest BCUT2D eigenvalue weighted by molar-refractivity contribution is 0.295. The Morgan fingerprint density at radius 3 is 1.42 bits per heavy atom. The molecule has 0 aliphatic carbocycles. The number of fused-ring (bicyclic) bond motifs is 2. The SMILES string of the molecule is CN1Cc2c(Cl)cc(Cl)cc2C(c2cccc(SNCc3ccc(CNSc4cccc(C5CN(C)Cc6c(Cl)cc(Cl)cc65)c4)cc3)c2)C1. The van der Waals surface area contributed by atoms with Crippen LogP contribution in [-0.2, 0) is 26.2 Å². The maximum atomic E-state index is 6.60. The van der Waals surface area contributed by atoms with E-state index < -0.39 is 0 Å². The number of likely N-dealkylation sites (N-methyl/N-ethyl adjacent to an activating group) is 2. The van der Waals surface area contributed by atoms with E-state index in [0.29, 0.717) is 10.0 Å². The van der Waals surface area contributed by atoms with Crippen molar-refractivity contribution in [3.63, 3.8) is 0 Å². The zero-order valence-corrected chi connectivity index (χ0v) is 32.5. The van der Waals surface area contributed by atoms with E-state index in [2.05, 4.69) is 118 Å². The highest BCUT2D eigenvalue weighted by Gasteiger charge is 2.28. The van der Waals surface area contributed by atoms with E-state index in [0.717, 1.165) is 49.3 Å². The first-order valence-corrected chi connectivity index (χ1v) is 19.7. The van der Waals surface area contributed by atoms with E-state index in [-0.39, 0.29) is 11.8 Å². The molecule has 0 fully saturated rings. The zero-order chi connectivity index (χ0) is 34.8. The van der Waals surface area contributed by atoms with Gasteiger partial charge < -0.3 is 9.80 Å². The summed E-state index contributed by atoms with van der Waals surface area (Å²) in [6.07, 6.45) is 0. The van der Waals surface area contributed by atoms with Crippen LogP contribution >= 0.6 is 70.3 Å². The molecule has 50 heavy (non-hydrogen) atoms. The highest BCUT2D eigenvalue weighted by atomic mass is 35.5. The molecule has 2 aliphatic heterocycles. The van der Waals surface area contributed by atoms with E-state index in [4.69, 9.17) is 46.4 Å². The topological polar surface area (TPSA) is 30.5 Å². The Kier molecular flexibility index (Phi) is 11.7. The third-order valence-electron chi connectivity index (χ3n) is 9.46. The Morgan fingerprint density at radius 1 is 0.580 bits per heavy atom. The summed E-state index contributed by atoms with van der Waals surface area (Å²) in [7, 11) is 4.29. The van der Waals surface area contributed by atoms with Crippen molar-refractivity contribution >= 4 is 70.3 Å². The Morgan fingerprint density at radius 2 is 1.00 bits per heavy atom. The molecule has 7 rings (SSSR count). The predicted octanol–water partition coefficient (Wildman–Crippen LogP) is 11.0. The molecule has 0 saturated carbocycles. The average molecular weight is 781 g/mol. The summed E-state index contributed by atoms with van der Waals surface area (Å²) in [6, 6.07) is 34.2. The van der Waals surface area contributed by atoms with Gasteiger partial charge >= 0.3 is 0 Å². The van der Waals surface area contributed by atoms with Crippen molar-refractivity contribution in [2.24, 2.45) is 0 Å². The first-order chi connectivity index (χ1) is 24.2. The number of nitrogens with one attached hydrogen (secondary N) is 2. The zero-order valence-electron chi connectivity index (χ0n) is 27.9. The Labute approximate surface area is 324 Å². The van der Waals surface area contributed by atoms with Crippen molar-refractivity contribution < 1.29 is 0 Å². The van der Waals surface area contributed by atoms with Crippen molar-refractivity contribution in [2.45, 2.75) is 47.8 Å². The van der Waals surface area contributed by atoms with E-state index in [1.54, 1.807) is 23.9 Å². The van der Waals surface area contributed by atoms with Crippen molar-refractivity contribution in [1.29, 1.82) is 0 Å². The summed E-state index contributed by atoms with van der Waals surface area (Å²) in [5, 5.41) is 2.87. The molecule has 2 unspecified atom stereocenters. The van der Waals surface area contributed by atoms with Gasteiger partial charge in [-0.1, -0.05) is 94.9 Å². The maximum absolute atomic E-state index is 6.60. The second kappa shape index (κ2) is 16.2. The summed E-state index contributed by atoms with van der Waals surface area (Å²) in [4.78, 5) is 7.01. The molecule has 0 bridgehead atoms. The van der Waals surface area contributed by atoms with Crippen LogP contribution in [0.2, 0.25) is 20.1 Å². The van der Waals surface area contributed by atoms with Gasteiger partial charge in [0.2, 0.25) is 0 Å².